The van der Waals surface area contributed by atoms with E-state index in [2.05, 4.69) is 4.98 Å². The van der Waals surface area contributed by atoms with Crippen LogP contribution in [0.2, 0.25) is 0 Å². The topological polar surface area (TPSA) is 132 Å². The van der Waals surface area contributed by atoms with Crippen molar-refractivity contribution >= 4 is 21.9 Å². The summed E-state index contributed by atoms with van der Waals surface area (Å²) in [6.07, 6.45) is 1.58. The third-order valence-electron chi connectivity index (χ3n) is 8.08. The van der Waals surface area contributed by atoms with Gasteiger partial charge in [0.25, 0.3) is 0 Å². The summed E-state index contributed by atoms with van der Waals surface area (Å²) < 4.78 is 46.6. The van der Waals surface area contributed by atoms with E-state index in [9.17, 15) is 9.90 Å². The quantitative estimate of drug-likeness (QED) is 0.0904. The molecule has 0 saturated carbocycles. The van der Waals surface area contributed by atoms with Crippen LogP contribution >= 0.6 is 0 Å². The largest absolute Gasteiger partial charge is 0.868 e. The lowest BCUT2D eigenvalue weighted by Gasteiger charge is -2.20. The SMILES string of the molecule is COc1cc(COCC[S+](CCOCc2cc(OC)c(OC)c(OC)c2)c2c([O-])c3cccnc3n(-c3ccccc3)c2=O)cc(OC)c1OC. The number of hydrogen-bond acceptors (Lipinski definition) is 11. The normalized spacial score (nSPS) is 11.1. The molecule has 5 rings (SSSR count). The molecule has 0 aliphatic heterocycles. The molecule has 5 aromatic rings. The zero-order valence-electron chi connectivity index (χ0n) is 29.6. The average Bonchev–Trinajstić information content (AvgIpc) is 3.17. The van der Waals surface area contributed by atoms with Gasteiger partial charge in [0.1, 0.15) is 17.2 Å². The number of rotatable bonds is 18. The van der Waals surface area contributed by atoms with Crippen LogP contribution in [0.5, 0.6) is 40.2 Å². The van der Waals surface area contributed by atoms with E-state index in [0.717, 1.165) is 11.1 Å². The van der Waals surface area contributed by atoms with E-state index in [-0.39, 0.29) is 37.1 Å². The molecule has 0 aliphatic rings. The van der Waals surface area contributed by atoms with Crippen LogP contribution in [0.25, 0.3) is 16.7 Å². The molecule has 270 valence electrons. The maximum absolute atomic E-state index is 14.3. The van der Waals surface area contributed by atoms with Crippen LogP contribution in [0.15, 0.2) is 82.6 Å². The Balaban J connectivity index is 1.42. The predicted octanol–water partition coefficient (Wildman–Crippen LogP) is 4.92. The lowest BCUT2D eigenvalue weighted by atomic mass is 10.2. The highest BCUT2D eigenvalue weighted by Crippen LogP contribution is 2.39. The molecule has 51 heavy (non-hydrogen) atoms. The Morgan fingerprint density at radius 3 is 1.61 bits per heavy atom. The van der Waals surface area contributed by atoms with Gasteiger partial charge in [-0.05, 0) is 59.3 Å². The van der Waals surface area contributed by atoms with E-state index in [4.69, 9.17) is 37.9 Å². The fourth-order valence-corrected chi connectivity index (χ4v) is 7.64. The van der Waals surface area contributed by atoms with Crippen molar-refractivity contribution in [3.05, 3.63) is 94.4 Å². The number of ether oxygens (including phenoxy) is 8. The minimum Gasteiger partial charge on any atom is -0.868 e. The first-order chi connectivity index (χ1) is 24.9. The molecule has 0 fully saturated rings. The van der Waals surface area contributed by atoms with Crippen LogP contribution in [0.4, 0.5) is 0 Å². The number of benzene rings is 3. The molecule has 12 nitrogen and oxygen atoms in total. The van der Waals surface area contributed by atoms with E-state index in [1.165, 1.54) is 4.57 Å². The summed E-state index contributed by atoms with van der Waals surface area (Å²) >= 11 is 0. The summed E-state index contributed by atoms with van der Waals surface area (Å²) in [6, 6.07) is 19.9. The van der Waals surface area contributed by atoms with Gasteiger partial charge in [0.05, 0.1) is 74.8 Å². The molecule has 0 amide bonds. The highest BCUT2D eigenvalue weighted by atomic mass is 32.2. The second-order valence-corrected chi connectivity index (χ2v) is 13.3. The monoisotopic (exact) mass is 718 g/mol. The molecule has 2 aromatic heterocycles. The highest BCUT2D eigenvalue weighted by Gasteiger charge is 2.30. The van der Waals surface area contributed by atoms with Crippen molar-refractivity contribution in [1.29, 1.82) is 0 Å². The molecular formula is C38H42N2O10S. The number of aromatic nitrogens is 2. The molecule has 0 N–H and O–H groups in total. The van der Waals surface area contributed by atoms with Crippen molar-refractivity contribution in [2.24, 2.45) is 0 Å². The second kappa shape index (κ2) is 17.7. The van der Waals surface area contributed by atoms with Gasteiger partial charge in [-0.1, -0.05) is 24.3 Å². The highest BCUT2D eigenvalue weighted by molar-refractivity contribution is 7.97. The number of nitrogens with zero attached hydrogens (tertiary/aromatic N) is 2. The molecule has 0 atom stereocenters. The standard InChI is InChI=1S/C38H42N2O10S/c1-43-29-19-25(20-30(44-2)34(29)47-5)23-49-15-17-51(18-16-50-24-26-21-31(45-3)35(48-6)32(22-26)46-4)36-33(41)28-13-10-14-39-37(28)40(38(36)42)27-11-8-7-9-12-27/h7-14,19-22H,15-18,23-24H2,1-6H3. The van der Waals surface area contributed by atoms with Crippen molar-refractivity contribution in [1.82, 2.24) is 9.55 Å². The Morgan fingerprint density at radius 2 is 1.16 bits per heavy atom. The van der Waals surface area contributed by atoms with Crippen LogP contribution in [0.3, 0.4) is 0 Å². The smallest absolute Gasteiger partial charge is 0.311 e. The Labute approximate surface area is 299 Å². The molecule has 13 heteroatoms. The molecule has 0 radical (unpaired) electrons. The molecule has 2 heterocycles. The summed E-state index contributed by atoms with van der Waals surface area (Å²) in [4.78, 5) is 18.9. The van der Waals surface area contributed by atoms with Crippen LogP contribution in [0.1, 0.15) is 11.1 Å². The summed E-state index contributed by atoms with van der Waals surface area (Å²) in [5.41, 5.74) is 2.14. The van der Waals surface area contributed by atoms with Crippen molar-refractivity contribution in [2.45, 2.75) is 18.1 Å². The second-order valence-electron chi connectivity index (χ2n) is 11.1. The Kier molecular flexibility index (Phi) is 12.9. The van der Waals surface area contributed by atoms with Crippen molar-refractivity contribution in [3.8, 4) is 45.9 Å². The number of hydrogen-bond donors (Lipinski definition) is 0. The molecule has 0 aliphatic carbocycles. The van der Waals surface area contributed by atoms with E-state index >= 15 is 0 Å². The van der Waals surface area contributed by atoms with Gasteiger partial charge in [-0.25, -0.2) is 4.98 Å². The first-order valence-electron chi connectivity index (χ1n) is 16.1. The lowest BCUT2D eigenvalue weighted by molar-refractivity contribution is -0.270. The van der Waals surface area contributed by atoms with Crippen LogP contribution in [-0.4, -0.2) is 76.9 Å². The van der Waals surface area contributed by atoms with E-state index in [1.54, 1.807) is 61.0 Å². The third-order valence-corrected chi connectivity index (χ3v) is 10.3. The minimum absolute atomic E-state index is 0.187. The van der Waals surface area contributed by atoms with Gasteiger partial charge in [0.15, 0.2) is 23.0 Å². The first kappa shape index (κ1) is 37.2. The Morgan fingerprint density at radius 1 is 0.667 bits per heavy atom. The molecule has 0 spiro atoms. The van der Waals surface area contributed by atoms with Crippen LogP contribution < -0.4 is 39.1 Å². The predicted molar refractivity (Wildman–Crippen MR) is 194 cm³/mol. The Bertz CT molecular complexity index is 1860. The van der Waals surface area contributed by atoms with Gasteiger partial charge >= 0.3 is 5.56 Å². The van der Waals surface area contributed by atoms with Crippen LogP contribution in [0, 0.1) is 0 Å². The summed E-state index contributed by atoms with van der Waals surface area (Å²) in [7, 11) is 8.45. The maximum Gasteiger partial charge on any atom is 0.311 e. The molecular weight excluding hydrogens is 676 g/mol. The van der Waals surface area contributed by atoms with Gasteiger partial charge in [0, 0.05) is 22.5 Å². The van der Waals surface area contributed by atoms with Gasteiger partial charge in [-0.15, -0.1) is 0 Å². The van der Waals surface area contributed by atoms with Crippen molar-refractivity contribution < 1.29 is 43.0 Å². The number of pyridine rings is 2. The van der Waals surface area contributed by atoms with Crippen molar-refractivity contribution in [3.63, 3.8) is 0 Å². The van der Waals surface area contributed by atoms with Gasteiger partial charge < -0.3 is 43.0 Å². The number of fused-ring (bicyclic) bond motifs is 1. The van der Waals surface area contributed by atoms with Gasteiger partial charge in [0.2, 0.25) is 16.4 Å². The Hall–Kier alpha value is -5.11. The molecule has 0 unspecified atom stereocenters. The van der Waals surface area contributed by atoms with Gasteiger partial charge in [-0.3, -0.25) is 9.36 Å². The molecule has 3 aromatic carbocycles. The van der Waals surface area contributed by atoms with E-state index in [0.29, 0.717) is 62.7 Å². The molecule has 0 saturated heterocycles. The van der Waals surface area contributed by atoms with E-state index < -0.39 is 16.5 Å². The fourth-order valence-electron chi connectivity index (χ4n) is 5.68. The fraction of sp³-hybridized carbons (Fsp3) is 0.316. The first-order valence-corrected chi connectivity index (χ1v) is 17.6. The maximum atomic E-state index is 14.3. The van der Waals surface area contributed by atoms with Crippen LogP contribution in [-0.2, 0) is 33.6 Å². The third kappa shape index (κ3) is 8.28. The summed E-state index contributed by atoms with van der Waals surface area (Å²) in [5.74, 6) is 3.51. The lowest BCUT2D eigenvalue weighted by Crippen LogP contribution is -2.32. The number of para-hydroxylation sites is 1. The zero-order valence-corrected chi connectivity index (χ0v) is 30.4. The minimum atomic E-state index is -0.863. The summed E-state index contributed by atoms with van der Waals surface area (Å²) in [6.45, 7) is 1.02. The zero-order chi connectivity index (χ0) is 36.3. The number of methoxy groups -OCH3 is 6. The molecule has 0 bridgehead atoms. The average molecular weight is 719 g/mol. The van der Waals surface area contributed by atoms with Crippen molar-refractivity contribution in [2.75, 3.05) is 67.4 Å². The van der Waals surface area contributed by atoms with E-state index in [1.807, 2.05) is 54.6 Å². The van der Waals surface area contributed by atoms with Gasteiger partial charge in [-0.2, -0.15) is 0 Å². The summed E-state index contributed by atoms with van der Waals surface area (Å²) in [5, 5.41) is 14.4.